The van der Waals surface area contributed by atoms with Gasteiger partial charge in [0.2, 0.25) is 0 Å². The van der Waals surface area contributed by atoms with Crippen molar-refractivity contribution in [2.75, 3.05) is 18.5 Å². The number of hydrogen-bond acceptors (Lipinski definition) is 3. The molecule has 8 heteroatoms. The Bertz CT molecular complexity index is 1310. The number of carboxylic acids is 1. The van der Waals surface area contributed by atoms with Crippen molar-refractivity contribution in [3.63, 3.8) is 0 Å². The number of nitrogens with zero attached hydrogens (tertiary/aromatic N) is 4. The third-order valence-electron chi connectivity index (χ3n) is 7.56. The Balaban J connectivity index is 1.41. The van der Waals surface area contributed by atoms with Crippen LogP contribution < -0.4 is 4.90 Å². The lowest BCUT2D eigenvalue weighted by Crippen LogP contribution is -2.67. The summed E-state index contributed by atoms with van der Waals surface area (Å²) in [6, 6.07) is 23.5. The van der Waals surface area contributed by atoms with Gasteiger partial charge in [0, 0.05) is 20.1 Å². The summed E-state index contributed by atoms with van der Waals surface area (Å²) >= 11 is 0. The van der Waals surface area contributed by atoms with E-state index in [1.165, 1.54) is 4.90 Å². The van der Waals surface area contributed by atoms with Crippen molar-refractivity contribution in [2.24, 2.45) is 0 Å². The number of piperazine rings is 1. The molecule has 3 aromatic carbocycles. The number of hydrogen-bond donors (Lipinski definition) is 1. The SMILES string of the molecule is C=Cc1ccc(CN(C)C(=O)N2[C@H]3CC[C@@H]2[C@@H](C(=O)O)N(C(=O)N(c2ccccc2)c2ccccc2)C3)cc1. The molecule has 200 valence electrons. The van der Waals surface area contributed by atoms with Crippen LogP contribution in [-0.4, -0.2) is 69.6 Å². The van der Waals surface area contributed by atoms with E-state index >= 15 is 0 Å². The highest BCUT2D eigenvalue weighted by Gasteiger charge is 2.54. The molecule has 0 aromatic heterocycles. The van der Waals surface area contributed by atoms with Gasteiger partial charge in [-0.05, 0) is 48.2 Å². The lowest BCUT2D eigenvalue weighted by molar-refractivity contribution is -0.145. The molecule has 0 unspecified atom stereocenters. The highest BCUT2D eigenvalue weighted by Crippen LogP contribution is 2.37. The molecule has 5 rings (SSSR count). The summed E-state index contributed by atoms with van der Waals surface area (Å²) in [4.78, 5) is 46.7. The van der Waals surface area contributed by atoms with E-state index < -0.39 is 24.1 Å². The standard InChI is InChI=1S/C31H32N4O4/c1-3-22-14-16-23(17-15-22)20-32(2)30(38)35-26-18-19-27(35)28(29(36)37)33(21-26)31(39)34(24-10-6-4-7-11-24)25-12-8-5-9-13-25/h3-17,26-28H,1,18-21H2,2H3,(H,36,37)/t26-,27+,28-/m0/s1. The topological polar surface area (TPSA) is 84.4 Å². The number of anilines is 2. The minimum Gasteiger partial charge on any atom is -0.480 e. The number of urea groups is 2. The number of carbonyl (C=O) groups excluding carboxylic acids is 2. The van der Waals surface area contributed by atoms with E-state index in [2.05, 4.69) is 6.58 Å². The van der Waals surface area contributed by atoms with Crippen LogP contribution in [0, 0.1) is 0 Å². The van der Waals surface area contributed by atoms with Crippen molar-refractivity contribution in [2.45, 2.75) is 37.5 Å². The molecule has 2 heterocycles. The molecule has 2 aliphatic rings. The molecular formula is C31H32N4O4. The largest absolute Gasteiger partial charge is 0.480 e. The van der Waals surface area contributed by atoms with E-state index in [4.69, 9.17) is 0 Å². The van der Waals surface area contributed by atoms with E-state index in [1.807, 2.05) is 84.9 Å². The summed E-state index contributed by atoms with van der Waals surface area (Å²) in [5.74, 6) is -1.12. The maximum Gasteiger partial charge on any atom is 0.329 e. The van der Waals surface area contributed by atoms with E-state index in [0.717, 1.165) is 11.1 Å². The highest BCUT2D eigenvalue weighted by molar-refractivity contribution is 6.01. The number of carbonyl (C=O) groups is 3. The van der Waals surface area contributed by atoms with E-state index in [9.17, 15) is 19.5 Å². The second-order valence-corrected chi connectivity index (χ2v) is 10.0. The second kappa shape index (κ2) is 11.0. The van der Waals surface area contributed by atoms with E-state index in [1.54, 1.807) is 27.8 Å². The number of fused-ring (bicyclic) bond motifs is 2. The normalized spacial score (nSPS) is 19.9. The molecule has 4 amide bonds. The molecule has 0 spiro atoms. The van der Waals surface area contributed by atoms with Gasteiger partial charge < -0.3 is 19.8 Å². The van der Waals surface area contributed by atoms with Crippen LogP contribution in [0.25, 0.3) is 6.08 Å². The number of aliphatic carboxylic acids is 1. The Labute approximate surface area is 228 Å². The molecule has 2 saturated heterocycles. The fourth-order valence-electron chi connectivity index (χ4n) is 5.69. The van der Waals surface area contributed by atoms with Crippen LogP contribution in [0.4, 0.5) is 21.0 Å². The first-order valence-corrected chi connectivity index (χ1v) is 13.1. The summed E-state index contributed by atoms with van der Waals surface area (Å²) in [7, 11) is 1.73. The van der Waals surface area contributed by atoms with Crippen LogP contribution in [0.15, 0.2) is 91.5 Å². The lowest BCUT2D eigenvalue weighted by Gasteiger charge is -2.47. The van der Waals surface area contributed by atoms with Crippen LogP contribution >= 0.6 is 0 Å². The third kappa shape index (κ3) is 5.10. The Morgan fingerprint density at radius 3 is 2.03 bits per heavy atom. The van der Waals surface area contributed by atoms with Gasteiger partial charge in [-0.15, -0.1) is 0 Å². The number of para-hydroxylation sites is 2. The Hall–Kier alpha value is -4.59. The van der Waals surface area contributed by atoms with Crippen LogP contribution in [-0.2, 0) is 11.3 Å². The van der Waals surface area contributed by atoms with Crippen molar-refractivity contribution < 1.29 is 19.5 Å². The molecule has 0 aliphatic carbocycles. The predicted octanol–water partition coefficient (Wildman–Crippen LogP) is 5.44. The van der Waals surface area contributed by atoms with Gasteiger partial charge in [-0.1, -0.05) is 73.3 Å². The first-order chi connectivity index (χ1) is 18.9. The fourth-order valence-corrected chi connectivity index (χ4v) is 5.69. The molecular weight excluding hydrogens is 492 g/mol. The van der Waals surface area contributed by atoms with Gasteiger partial charge >= 0.3 is 18.0 Å². The number of likely N-dealkylation sites (tertiary alicyclic amines) is 1. The molecule has 2 fully saturated rings. The quantitative estimate of drug-likeness (QED) is 0.465. The number of rotatable bonds is 6. The first-order valence-electron chi connectivity index (χ1n) is 13.1. The van der Waals surface area contributed by atoms with Crippen molar-refractivity contribution in [3.05, 3.63) is 103 Å². The molecule has 3 aromatic rings. The number of amides is 4. The maximum absolute atomic E-state index is 14.1. The van der Waals surface area contributed by atoms with Crippen molar-refractivity contribution in [1.82, 2.24) is 14.7 Å². The second-order valence-electron chi connectivity index (χ2n) is 10.0. The van der Waals surface area contributed by atoms with Gasteiger partial charge in [-0.3, -0.25) is 4.90 Å². The third-order valence-corrected chi connectivity index (χ3v) is 7.56. The number of benzene rings is 3. The van der Waals surface area contributed by atoms with Gasteiger partial charge in [-0.2, -0.15) is 0 Å². The van der Waals surface area contributed by atoms with Gasteiger partial charge in [0.05, 0.1) is 23.5 Å². The van der Waals surface area contributed by atoms with E-state index in [0.29, 0.717) is 30.8 Å². The van der Waals surface area contributed by atoms with Crippen LogP contribution in [0.5, 0.6) is 0 Å². The Morgan fingerprint density at radius 2 is 1.49 bits per heavy atom. The zero-order valence-corrected chi connectivity index (χ0v) is 21.9. The zero-order valence-electron chi connectivity index (χ0n) is 21.9. The summed E-state index contributed by atoms with van der Waals surface area (Å²) < 4.78 is 0. The lowest BCUT2D eigenvalue weighted by atomic mass is 10.0. The van der Waals surface area contributed by atoms with E-state index in [-0.39, 0.29) is 18.6 Å². The average molecular weight is 525 g/mol. The minimum atomic E-state index is -1.16. The van der Waals surface area contributed by atoms with Gasteiger partial charge in [0.1, 0.15) is 0 Å². The molecule has 39 heavy (non-hydrogen) atoms. The highest BCUT2D eigenvalue weighted by atomic mass is 16.4. The Morgan fingerprint density at radius 1 is 0.897 bits per heavy atom. The molecule has 0 radical (unpaired) electrons. The van der Waals surface area contributed by atoms with Crippen molar-refractivity contribution in [1.29, 1.82) is 0 Å². The summed E-state index contributed by atoms with van der Waals surface area (Å²) in [5, 5.41) is 10.4. The summed E-state index contributed by atoms with van der Waals surface area (Å²) in [5.41, 5.74) is 3.25. The van der Waals surface area contributed by atoms with Gasteiger partial charge in [-0.25, -0.2) is 14.4 Å². The van der Waals surface area contributed by atoms with Crippen LogP contribution in [0.2, 0.25) is 0 Å². The zero-order chi connectivity index (χ0) is 27.5. The van der Waals surface area contributed by atoms with Gasteiger partial charge in [0.25, 0.3) is 0 Å². The predicted molar refractivity (Wildman–Crippen MR) is 151 cm³/mol. The summed E-state index contributed by atoms with van der Waals surface area (Å²) in [6.07, 6.45) is 2.93. The first kappa shape index (κ1) is 26.0. The molecule has 2 bridgehead atoms. The molecule has 1 N–H and O–H groups in total. The van der Waals surface area contributed by atoms with Crippen LogP contribution in [0.1, 0.15) is 24.0 Å². The molecule has 8 nitrogen and oxygen atoms in total. The fraction of sp³-hybridized carbons (Fsp3) is 0.258. The number of carboxylic acid groups (broad SMARTS) is 1. The summed E-state index contributed by atoms with van der Waals surface area (Å²) in [6.45, 7) is 4.31. The van der Waals surface area contributed by atoms with Crippen LogP contribution in [0.3, 0.4) is 0 Å². The molecule has 2 aliphatic heterocycles. The smallest absolute Gasteiger partial charge is 0.329 e. The minimum absolute atomic E-state index is 0.149. The van der Waals surface area contributed by atoms with Crippen molar-refractivity contribution in [3.8, 4) is 0 Å². The molecule has 0 saturated carbocycles. The average Bonchev–Trinajstić information content (AvgIpc) is 3.26. The molecule has 3 atom stereocenters. The maximum atomic E-state index is 14.1. The Kier molecular flexibility index (Phi) is 7.36. The monoisotopic (exact) mass is 524 g/mol. The van der Waals surface area contributed by atoms with Crippen molar-refractivity contribution >= 4 is 35.5 Å². The van der Waals surface area contributed by atoms with Gasteiger partial charge in [0.15, 0.2) is 6.04 Å².